The molecule has 0 amide bonds. The van der Waals surface area contributed by atoms with Crippen LogP contribution in [-0.2, 0) is 15.8 Å². The first kappa shape index (κ1) is 63.2. The highest BCUT2D eigenvalue weighted by molar-refractivity contribution is 6.24. The molecule has 109 heavy (non-hydrogen) atoms. The van der Waals surface area contributed by atoms with Gasteiger partial charge in [-0.1, -0.05) is 285 Å². The number of hydrogen-bond acceptors (Lipinski definition) is 9. The van der Waals surface area contributed by atoms with Crippen LogP contribution in [-0.4, -0.2) is 18.2 Å². The fraction of sp³-hybridized carbons (Fsp3) is 0.0300. The lowest BCUT2D eigenvalue weighted by atomic mass is 9.67. The first-order valence-corrected chi connectivity index (χ1v) is 36.5. The lowest BCUT2D eigenvalue weighted by Crippen LogP contribution is -2.29. The molecule has 1 aliphatic rings. The highest BCUT2D eigenvalue weighted by Crippen LogP contribution is 2.61. The number of methoxy groups -OCH3 is 1. The second-order valence-corrected chi connectivity index (χ2v) is 27.8. The van der Waals surface area contributed by atoms with Gasteiger partial charge in [-0.05, 0) is 111 Å². The molecule has 0 bridgehead atoms. The van der Waals surface area contributed by atoms with Crippen molar-refractivity contribution in [2.24, 2.45) is 0 Å². The van der Waals surface area contributed by atoms with Crippen molar-refractivity contribution in [3.63, 3.8) is 0 Å². The predicted octanol–water partition coefficient (Wildman–Crippen LogP) is 26.2. The smallest absolute Gasteiger partial charge is 0.338 e. The van der Waals surface area contributed by atoms with Gasteiger partial charge < -0.3 is 36.3 Å². The van der Waals surface area contributed by atoms with E-state index in [1.807, 2.05) is 200 Å². The van der Waals surface area contributed by atoms with Gasteiger partial charge in [0, 0.05) is 92.5 Å². The number of hydrogen-bond donors (Lipinski definition) is 1. The Kier molecular flexibility index (Phi) is 14.5. The third-order valence-corrected chi connectivity index (χ3v) is 22.2. The summed E-state index contributed by atoms with van der Waals surface area (Å²) in [5.41, 5.74) is 21.3. The molecule has 16 aromatic carbocycles. The molecule has 516 valence electrons. The molecule has 0 unspecified atom stereocenters. The van der Waals surface area contributed by atoms with E-state index in [4.69, 9.17) is 31.2 Å². The molecule has 0 atom stereocenters. The molecule has 23 rings (SSSR count). The molecule has 22 aromatic rings. The Labute approximate surface area is 622 Å². The molecule has 0 saturated heterocycles. The van der Waals surface area contributed by atoms with Crippen LogP contribution in [0.4, 0.5) is 0 Å². The Morgan fingerprint density at radius 3 is 1.09 bits per heavy atom. The zero-order valence-corrected chi connectivity index (χ0v) is 58.7. The zero-order valence-electron chi connectivity index (χ0n) is 58.7. The molecular formula is C100H62O9. The normalized spacial score (nSPS) is 12.6. The van der Waals surface area contributed by atoms with Gasteiger partial charge in [-0.25, -0.2) is 4.79 Å². The van der Waals surface area contributed by atoms with Gasteiger partial charge in [-0.2, -0.15) is 0 Å². The van der Waals surface area contributed by atoms with Crippen molar-refractivity contribution in [1.82, 2.24) is 0 Å². The van der Waals surface area contributed by atoms with Crippen molar-refractivity contribution in [1.29, 1.82) is 0 Å². The minimum atomic E-state index is -1.45. The van der Waals surface area contributed by atoms with E-state index in [2.05, 4.69) is 152 Å². The molecule has 0 fully saturated rings. The summed E-state index contributed by atoms with van der Waals surface area (Å²) >= 11 is 0. The summed E-state index contributed by atoms with van der Waals surface area (Å²) < 4.78 is 43.5. The predicted molar refractivity (Wildman–Crippen MR) is 437 cm³/mol. The summed E-state index contributed by atoms with van der Waals surface area (Å²) in [6.07, 6.45) is 0. The summed E-state index contributed by atoms with van der Waals surface area (Å²) in [4.78, 5) is 12.7. The lowest BCUT2D eigenvalue weighted by molar-refractivity contribution is 0.0601. The van der Waals surface area contributed by atoms with E-state index in [0.717, 1.165) is 165 Å². The number of furan rings is 6. The summed E-state index contributed by atoms with van der Waals surface area (Å²) in [5.74, 6) is -0.405. The Bertz CT molecular complexity index is 7300. The monoisotopic (exact) mass is 1410 g/mol. The number of rotatable bonds is 8. The number of carbonyl (C=O) groups is 1. The maximum Gasteiger partial charge on any atom is 0.338 e. The average Bonchev–Trinajstić information content (AvgIpc) is 1.51. The van der Waals surface area contributed by atoms with Crippen LogP contribution in [0.25, 0.3) is 165 Å². The van der Waals surface area contributed by atoms with Crippen molar-refractivity contribution in [2.45, 2.75) is 11.0 Å². The quantitative estimate of drug-likeness (QED) is 0.117. The van der Waals surface area contributed by atoms with E-state index in [0.29, 0.717) is 16.7 Å². The second-order valence-electron chi connectivity index (χ2n) is 27.8. The van der Waals surface area contributed by atoms with Crippen molar-refractivity contribution in [3.8, 4) is 33.4 Å². The van der Waals surface area contributed by atoms with E-state index in [9.17, 15) is 9.90 Å². The standard InChI is InChI=1S/C37H24O3.C37H22O2.C26H16O4/c38-37(24-12-3-1-4-13-24,25-14-5-2-6-15-25)30-23-22-27-26-16-7-9-19-31(26)40-36(27)35(30)29-18-11-21-33-34(29)28-17-8-10-20-32(28)39-33;1-3-11-23(12-4-1)37(24-13-5-2-6-14-24)28-21-22-32-33(27-16-8-10-18-31(27)38-32)34(28)35-29(37)20-19-26-25-15-7-9-17-30(25)39-36(26)35;1-28-26(27)19-14-13-16-15-7-2-4-10-20(15)30-25(16)24(19)18-9-6-12-22-23(18)17-8-3-5-11-21(17)29-22/h1-23,38H;1-22H;2-14H,1H3. The highest BCUT2D eigenvalue weighted by atomic mass is 16.5. The molecule has 9 nitrogen and oxygen atoms in total. The first-order chi connectivity index (χ1) is 53.8. The van der Waals surface area contributed by atoms with E-state index in [-0.39, 0.29) is 0 Å². The topological polar surface area (TPSA) is 125 Å². The molecule has 9 heteroatoms. The van der Waals surface area contributed by atoms with Gasteiger partial charge in [0.25, 0.3) is 0 Å². The molecule has 6 heterocycles. The SMILES string of the molecule is COC(=O)c1ccc2c(oc3ccccc32)c1-c1cccc2oc3ccccc3c12.OC(c1ccccc1)(c1ccccc1)c1ccc2c(oc3ccccc32)c1-c1cccc2oc3ccccc3c12.c1ccc(C2(c3ccccc3)c3ccc4c(oc5ccccc54)c3-c3c2ccc2oc4ccccc4c32)cc1. The maximum atomic E-state index is 13.0. The highest BCUT2D eigenvalue weighted by Gasteiger charge is 2.49. The molecule has 1 aliphatic carbocycles. The van der Waals surface area contributed by atoms with Crippen LogP contribution in [0.3, 0.4) is 0 Å². The molecule has 6 aromatic heterocycles. The van der Waals surface area contributed by atoms with E-state index >= 15 is 0 Å². The van der Waals surface area contributed by atoms with Crippen molar-refractivity contribution >= 4 is 138 Å². The van der Waals surface area contributed by atoms with Gasteiger partial charge >= 0.3 is 5.97 Å². The summed E-state index contributed by atoms with van der Waals surface area (Å²) in [6.45, 7) is 0. The fourth-order valence-electron chi connectivity index (χ4n) is 17.5. The maximum absolute atomic E-state index is 13.0. The molecule has 0 spiro atoms. The van der Waals surface area contributed by atoms with Crippen LogP contribution in [0, 0.1) is 0 Å². The van der Waals surface area contributed by atoms with Gasteiger partial charge in [-0.15, -0.1) is 0 Å². The third-order valence-electron chi connectivity index (χ3n) is 22.2. The van der Waals surface area contributed by atoms with E-state index in [1.54, 1.807) is 0 Å². The number of benzene rings is 16. The lowest BCUT2D eigenvalue weighted by Gasteiger charge is -2.33. The minimum absolute atomic E-state index is 0.405. The molecular weight excluding hydrogens is 1350 g/mol. The van der Waals surface area contributed by atoms with E-state index in [1.165, 1.54) is 34.9 Å². The number of carbonyl (C=O) groups excluding carboxylic acids is 1. The number of aliphatic hydroxyl groups is 1. The molecule has 0 aliphatic heterocycles. The summed E-state index contributed by atoms with van der Waals surface area (Å²) in [5, 5.41) is 25.5. The van der Waals surface area contributed by atoms with Crippen molar-refractivity contribution < 1.29 is 41.1 Å². The van der Waals surface area contributed by atoms with Crippen LogP contribution in [0.1, 0.15) is 49.3 Å². The van der Waals surface area contributed by atoms with Gasteiger partial charge in [0.05, 0.1) is 18.1 Å². The van der Waals surface area contributed by atoms with Crippen molar-refractivity contribution in [3.05, 3.63) is 396 Å². The number of para-hydroxylation sites is 6. The Morgan fingerprint density at radius 2 is 0.624 bits per heavy atom. The molecule has 1 N–H and O–H groups in total. The molecule has 0 radical (unpaired) electrons. The number of esters is 1. The summed E-state index contributed by atoms with van der Waals surface area (Å²) in [6, 6.07) is 119. The number of ether oxygens (including phenoxy) is 1. The van der Waals surface area contributed by atoms with Gasteiger partial charge in [-0.3, -0.25) is 0 Å². The van der Waals surface area contributed by atoms with Crippen LogP contribution >= 0.6 is 0 Å². The average molecular weight is 1410 g/mol. The third kappa shape index (κ3) is 9.53. The van der Waals surface area contributed by atoms with E-state index < -0.39 is 17.0 Å². The Morgan fingerprint density at radius 1 is 0.284 bits per heavy atom. The fourth-order valence-corrected chi connectivity index (χ4v) is 17.5. The van der Waals surface area contributed by atoms with Crippen LogP contribution in [0.5, 0.6) is 0 Å². The van der Waals surface area contributed by atoms with Gasteiger partial charge in [0.2, 0.25) is 0 Å². The van der Waals surface area contributed by atoms with Crippen LogP contribution in [0.15, 0.2) is 378 Å². The zero-order chi connectivity index (χ0) is 72.5. The minimum Gasteiger partial charge on any atom is -0.465 e. The Hall–Kier alpha value is -14.3. The molecule has 0 saturated carbocycles. The van der Waals surface area contributed by atoms with Crippen molar-refractivity contribution in [2.75, 3.05) is 7.11 Å². The second kappa shape index (κ2) is 25.0. The summed E-state index contributed by atoms with van der Waals surface area (Å²) in [7, 11) is 1.39. The van der Waals surface area contributed by atoms with Gasteiger partial charge in [0.15, 0.2) is 0 Å². The largest absolute Gasteiger partial charge is 0.465 e. The first-order valence-electron chi connectivity index (χ1n) is 36.5. The van der Waals surface area contributed by atoms with Gasteiger partial charge in [0.1, 0.15) is 72.6 Å². The van der Waals surface area contributed by atoms with Crippen LogP contribution in [0.2, 0.25) is 0 Å². The van der Waals surface area contributed by atoms with Crippen LogP contribution < -0.4 is 0 Å². The Balaban J connectivity index is 0.000000105. The number of fused-ring (bicyclic) bond motifs is 23.